The van der Waals surface area contributed by atoms with E-state index in [1.807, 2.05) is 24.3 Å². The van der Waals surface area contributed by atoms with Gasteiger partial charge in [0.2, 0.25) is 0 Å². The van der Waals surface area contributed by atoms with Crippen molar-refractivity contribution in [3.05, 3.63) is 36.0 Å². The maximum Gasteiger partial charge on any atom is 0.380 e. The fourth-order valence-corrected chi connectivity index (χ4v) is 3.81. The number of ether oxygens (including phenoxy) is 1. The highest BCUT2D eigenvalue weighted by atomic mass is 16.5. The first-order valence-electron chi connectivity index (χ1n) is 8.78. The Morgan fingerprint density at radius 2 is 1.96 bits per heavy atom. The fourth-order valence-electron chi connectivity index (χ4n) is 3.81. The lowest BCUT2D eigenvalue weighted by molar-refractivity contribution is -0.149. The van der Waals surface area contributed by atoms with Crippen LogP contribution in [0.1, 0.15) is 50.4 Å². The van der Waals surface area contributed by atoms with E-state index >= 15 is 0 Å². The Hall–Kier alpha value is -2.10. The molecule has 1 heterocycles. The Morgan fingerprint density at radius 3 is 2.71 bits per heavy atom. The molecule has 3 rings (SSSR count). The van der Waals surface area contributed by atoms with E-state index in [9.17, 15) is 9.59 Å². The number of Topliss-reactive ketones (excluding diaryl/α,β-unsaturated/α-hetero) is 1. The molecule has 0 saturated heterocycles. The van der Waals surface area contributed by atoms with Crippen LogP contribution in [0.15, 0.2) is 30.5 Å². The van der Waals surface area contributed by atoms with Gasteiger partial charge in [-0.05, 0) is 36.7 Å². The van der Waals surface area contributed by atoms with E-state index < -0.39 is 11.8 Å². The van der Waals surface area contributed by atoms with Crippen LogP contribution in [-0.2, 0) is 9.53 Å². The smallest absolute Gasteiger partial charge is 0.380 e. The summed E-state index contributed by atoms with van der Waals surface area (Å²) in [5, 5.41) is 0.761. The number of carbonyl (C=O) groups excluding carboxylic acids is 2. The number of aromatic nitrogens is 1. The van der Waals surface area contributed by atoms with Gasteiger partial charge < -0.3 is 9.72 Å². The Morgan fingerprint density at radius 1 is 1.21 bits per heavy atom. The minimum Gasteiger partial charge on any atom is -0.456 e. The monoisotopic (exact) mass is 327 g/mol. The lowest BCUT2D eigenvalue weighted by atomic mass is 9.75. The van der Waals surface area contributed by atoms with Crippen LogP contribution in [-0.4, -0.2) is 22.8 Å². The second-order valence-electron chi connectivity index (χ2n) is 7.35. The minimum absolute atomic E-state index is 0.157. The molecule has 0 bridgehead atoms. The summed E-state index contributed by atoms with van der Waals surface area (Å²) in [6.07, 6.45) is 4.49. The molecule has 1 aromatic carbocycles. The second kappa shape index (κ2) is 6.80. The third kappa shape index (κ3) is 3.23. The summed E-state index contributed by atoms with van der Waals surface area (Å²) in [6.45, 7) is 6.49. The topological polar surface area (TPSA) is 59.2 Å². The van der Waals surface area contributed by atoms with Crippen LogP contribution in [0.25, 0.3) is 10.9 Å². The van der Waals surface area contributed by atoms with Crippen molar-refractivity contribution in [3.8, 4) is 0 Å². The molecular weight excluding hydrogens is 302 g/mol. The Balaban J connectivity index is 1.77. The molecule has 1 N–H and O–H groups in total. The maximum atomic E-state index is 12.6. The molecule has 0 amide bonds. The molecule has 2 aromatic rings. The van der Waals surface area contributed by atoms with Crippen LogP contribution in [0.3, 0.4) is 0 Å². The van der Waals surface area contributed by atoms with Gasteiger partial charge in [0.15, 0.2) is 0 Å². The zero-order valence-corrected chi connectivity index (χ0v) is 14.5. The predicted molar refractivity (Wildman–Crippen MR) is 93.9 cm³/mol. The number of carbonyl (C=O) groups is 2. The van der Waals surface area contributed by atoms with Crippen LogP contribution < -0.4 is 0 Å². The van der Waals surface area contributed by atoms with Crippen molar-refractivity contribution in [3.63, 3.8) is 0 Å². The van der Waals surface area contributed by atoms with Crippen LogP contribution in [0.4, 0.5) is 0 Å². The van der Waals surface area contributed by atoms with Crippen molar-refractivity contribution >= 4 is 22.7 Å². The molecule has 0 aliphatic heterocycles. The molecule has 24 heavy (non-hydrogen) atoms. The number of H-pyrrole nitrogens is 1. The Kier molecular flexibility index (Phi) is 4.74. The molecule has 1 saturated carbocycles. The van der Waals surface area contributed by atoms with Crippen LogP contribution in [0.5, 0.6) is 0 Å². The molecule has 0 spiro atoms. The molecule has 1 aliphatic carbocycles. The van der Waals surface area contributed by atoms with Gasteiger partial charge in [-0.15, -0.1) is 0 Å². The number of rotatable bonds is 4. The molecule has 1 fully saturated rings. The van der Waals surface area contributed by atoms with Crippen molar-refractivity contribution in [1.82, 2.24) is 4.98 Å². The zero-order valence-electron chi connectivity index (χ0n) is 14.5. The number of aromatic amines is 1. The highest BCUT2D eigenvalue weighted by Crippen LogP contribution is 2.35. The van der Waals surface area contributed by atoms with Crippen molar-refractivity contribution in [2.75, 3.05) is 0 Å². The highest BCUT2D eigenvalue weighted by molar-refractivity contribution is 6.43. The molecule has 1 aromatic heterocycles. The van der Waals surface area contributed by atoms with Crippen LogP contribution >= 0.6 is 0 Å². The van der Waals surface area contributed by atoms with Crippen molar-refractivity contribution in [2.45, 2.75) is 46.1 Å². The third-order valence-corrected chi connectivity index (χ3v) is 5.24. The predicted octanol–water partition coefficient (Wildman–Crippen LogP) is 4.35. The summed E-state index contributed by atoms with van der Waals surface area (Å²) >= 11 is 0. The van der Waals surface area contributed by atoms with E-state index in [-0.39, 0.29) is 6.10 Å². The molecular formula is C20H25NO3. The van der Waals surface area contributed by atoms with Gasteiger partial charge in [-0.25, -0.2) is 4.79 Å². The molecule has 4 heteroatoms. The summed E-state index contributed by atoms with van der Waals surface area (Å²) in [7, 11) is 0. The first-order chi connectivity index (χ1) is 11.5. The van der Waals surface area contributed by atoms with E-state index in [4.69, 9.17) is 4.74 Å². The molecule has 3 atom stereocenters. The number of benzene rings is 1. The lowest BCUT2D eigenvalue weighted by Gasteiger charge is -2.36. The first-order valence-corrected chi connectivity index (χ1v) is 8.78. The van der Waals surface area contributed by atoms with E-state index in [1.54, 1.807) is 6.20 Å². The number of hydrogen-bond acceptors (Lipinski definition) is 3. The normalized spacial score (nSPS) is 24.2. The summed E-state index contributed by atoms with van der Waals surface area (Å²) in [5.74, 6) is 0.0121. The highest BCUT2D eigenvalue weighted by Gasteiger charge is 2.35. The van der Waals surface area contributed by atoms with Crippen LogP contribution in [0, 0.1) is 17.8 Å². The molecule has 0 radical (unpaired) electrons. The number of esters is 1. The molecule has 128 valence electrons. The fraction of sp³-hybridized carbons (Fsp3) is 0.500. The summed E-state index contributed by atoms with van der Waals surface area (Å²) in [4.78, 5) is 28.0. The van der Waals surface area contributed by atoms with Crippen LogP contribution in [0.2, 0.25) is 0 Å². The lowest BCUT2D eigenvalue weighted by Crippen LogP contribution is -2.37. The van der Waals surface area contributed by atoms with E-state index in [0.717, 1.165) is 30.2 Å². The molecule has 0 unspecified atom stereocenters. The zero-order chi connectivity index (χ0) is 17.3. The minimum atomic E-state index is -0.732. The van der Waals surface area contributed by atoms with E-state index in [1.165, 1.54) is 0 Å². The third-order valence-electron chi connectivity index (χ3n) is 5.24. The number of fused-ring (bicyclic) bond motifs is 1. The maximum absolute atomic E-state index is 12.6. The summed E-state index contributed by atoms with van der Waals surface area (Å²) < 4.78 is 5.67. The van der Waals surface area contributed by atoms with Crippen molar-refractivity contribution < 1.29 is 14.3 Å². The van der Waals surface area contributed by atoms with Gasteiger partial charge in [-0.1, -0.05) is 45.4 Å². The van der Waals surface area contributed by atoms with E-state index in [2.05, 4.69) is 25.8 Å². The molecule has 1 aliphatic rings. The van der Waals surface area contributed by atoms with Gasteiger partial charge in [0.05, 0.1) is 5.56 Å². The van der Waals surface area contributed by atoms with Gasteiger partial charge >= 0.3 is 5.97 Å². The van der Waals surface area contributed by atoms with Gasteiger partial charge in [-0.2, -0.15) is 0 Å². The molecule has 4 nitrogen and oxygen atoms in total. The Bertz CT molecular complexity index is 746. The van der Waals surface area contributed by atoms with Crippen molar-refractivity contribution in [2.24, 2.45) is 17.8 Å². The first kappa shape index (κ1) is 16.7. The van der Waals surface area contributed by atoms with E-state index in [0.29, 0.717) is 23.3 Å². The second-order valence-corrected chi connectivity index (χ2v) is 7.35. The quantitative estimate of drug-likeness (QED) is 0.516. The number of hydrogen-bond donors (Lipinski definition) is 1. The van der Waals surface area contributed by atoms with Gasteiger partial charge in [0.1, 0.15) is 6.10 Å². The summed E-state index contributed by atoms with van der Waals surface area (Å²) in [6, 6.07) is 7.47. The number of nitrogens with one attached hydrogen (secondary N) is 1. The standard InChI is InChI=1S/C20H25NO3/c1-12(2)14-9-8-13(3)10-18(14)24-20(23)19(22)16-11-21-17-7-5-4-6-15(16)17/h4-7,11-14,18,21H,8-10H2,1-3H3/t13-,14-,18-/m1/s1. The van der Waals surface area contributed by atoms with Gasteiger partial charge in [-0.3, -0.25) is 4.79 Å². The number of ketones is 1. The van der Waals surface area contributed by atoms with Crippen molar-refractivity contribution in [1.29, 1.82) is 0 Å². The van der Waals surface area contributed by atoms with Gasteiger partial charge in [0.25, 0.3) is 5.78 Å². The number of para-hydroxylation sites is 1. The largest absolute Gasteiger partial charge is 0.456 e. The average Bonchev–Trinajstić information content (AvgIpc) is 2.97. The SMILES string of the molecule is CC(C)[C@H]1CC[C@@H](C)C[C@H]1OC(=O)C(=O)c1c[nH]c2ccccc12. The Labute approximate surface area is 142 Å². The van der Waals surface area contributed by atoms with Gasteiger partial charge in [0, 0.05) is 17.1 Å². The summed E-state index contributed by atoms with van der Waals surface area (Å²) in [5.41, 5.74) is 1.24. The average molecular weight is 327 g/mol.